The molecule has 2 amide bonds. The number of imidazole rings is 1. The first kappa shape index (κ1) is 21.0. The largest absolute Gasteiger partial charge is 0.361 e. The van der Waals surface area contributed by atoms with Gasteiger partial charge in [-0.15, -0.1) is 0 Å². The Bertz CT molecular complexity index is 1560. The molecule has 2 aromatic carbocycles. The standard InChI is InChI=1S/C24H21N9O/c1-26-24(34)30-17-6-4-16(5-7-17)21-14-28-23-22(27-13-18-9-10-29-32(18)2)31-19-11-15(12-25)3-8-20(19)33(21)23/h3-11,14H,13H2,1-2H3,(H,27,31)(H2,26,30,34). The van der Waals surface area contributed by atoms with Crippen LogP contribution in [0.5, 0.6) is 0 Å². The zero-order chi connectivity index (χ0) is 23.7. The lowest BCUT2D eigenvalue weighted by Gasteiger charge is -2.12. The van der Waals surface area contributed by atoms with E-state index in [1.54, 1.807) is 36.3 Å². The van der Waals surface area contributed by atoms with Gasteiger partial charge in [0.1, 0.15) is 0 Å². The number of carbonyl (C=O) groups is 1. The van der Waals surface area contributed by atoms with Gasteiger partial charge in [0.05, 0.1) is 46.8 Å². The van der Waals surface area contributed by atoms with Crippen molar-refractivity contribution in [2.24, 2.45) is 7.05 Å². The van der Waals surface area contributed by atoms with Crippen LogP contribution in [0.4, 0.5) is 16.3 Å². The van der Waals surface area contributed by atoms with Crippen LogP contribution in [-0.2, 0) is 13.6 Å². The molecule has 0 fully saturated rings. The van der Waals surface area contributed by atoms with Gasteiger partial charge in [0.25, 0.3) is 0 Å². The van der Waals surface area contributed by atoms with Crippen LogP contribution in [0.3, 0.4) is 0 Å². The third-order valence-electron chi connectivity index (χ3n) is 5.58. The van der Waals surface area contributed by atoms with E-state index in [1.165, 1.54) is 0 Å². The predicted molar refractivity (Wildman–Crippen MR) is 129 cm³/mol. The highest BCUT2D eigenvalue weighted by molar-refractivity contribution is 5.90. The third kappa shape index (κ3) is 3.75. The number of amides is 2. The number of hydrogen-bond acceptors (Lipinski definition) is 6. The van der Waals surface area contributed by atoms with Crippen molar-refractivity contribution < 1.29 is 4.79 Å². The molecule has 34 heavy (non-hydrogen) atoms. The molecule has 5 rings (SSSR count). The van der Waals surface area contributed by atoms with Crippen LogP contribution in [-0.4, -0.2) is 37.2 Å². The SMILES string of the molecule is CNC(=O)Nc1ccc(-c2cnc3c(NCc4ccnn4C)nc4cc(C#N)ccc4n23)cc1. The molecule has 0 spiro atoms. The molecule has 5 aromatic rings. The Balaban J connectivity index is 1.62. The van der Waals surface area contributed by atoms with Gasteiger partial charge < -0.3 is 16.0 Å². The van der Waals surface area contributed by atoms with Gasteiger partial charge in [-0.05, 0) is 36.4 Å². The molecule has 0 saturated carbocycles. The Morgan fingerprint density at radius 3 is 2.68 bits per heavy atom. The van der Waals surface area contributed by atoms with E-state index in [9.17, 15) is 10.1 Å². The van der Waals surface area contributed by atoms with Crippen LogP contribution in [0, 0.1) is 11.3 Å². The summed E-state index contributed by atoms with van der Waals surface area (Å²) in [7, 11) is 3.45. The van der Waals surface area contributed by atoms with Crippen LogP contribution in [0.1, 0.15) is 11.3 Å². The zero-order valence-corrected chi connectivity index (χ0v) is 18.6. The van der Waals surface area contributed by atoms with Crippen molar-refractivity contribution >= 4 is 34.2 Å². The van der Waals surface area contributed by atoms with Crippen LogP contribution in [0.2, 0.25) is 0 Å². The van der Waals surface area contributed by atoms with Gasteiger partial charge in [-0.2, -0.15) is 10.4 Å². The maximum Gasteiger partial charge on any atom is 0.318 e. The minimum absolute atomic E-state index is 0.281. The molecule has 3 heterocycles. The minimum Gasteiger partial charge on any atom is -0.361 e. The quantitative estimate of drug-likeness (QED) is 0.375. The number of carbonyl (C=O) groups excluding carboxylic acids is 1. The average molecular weight is 451 g/mol. The third-order valence-corrected chi connectivity index (χ3v) is 5.58. The first-order valence-corrected chi connectivity index (χ1v) is 10.6. The van der Waals surface area contributed by atoms with E-state index in [-0.39, 0.29) is 6.03 Å². The van der Waals surface area contributed by atoms with Gasteiger partial charge in [-0.3, -0.25) is 9.08 Å². The summed E-state index contributed by atoms with van der Waals surface area (Å²) in [4.78, 5) is 21.0. The molecular formula is C24H21N9O. The maximum absolute atomic E-state index is 11.6. The summed E-state index contributed by atoms with van der Waals surface area (Å²) < 4.78 is 3.82. The van der Waals surface area contributed by atoms with Crippen LogP contribution in [0.25, 0.3) is 27.9 Å². The van der Waals surface area contributed by atoms with Crippen molar-refractivity contribution in [2.45, 2.75) is 6.54 Å². The summed E-state index contributed by atoms with van der Waals surface area (Å²) in [6.07, 6.45) is 3.54. The Labute approximate surface area is 194 Å². The average Bonchev–Trinajstić information content (AvgIpc) is 3.49. The van der Waals surface area contributed by atoms with E-state index in [2.05, 4.69) is 32.1 Å². The summed E-state index contributed by atoms with van der Waals surface area (Å²) in [5.74, 6) is 0.605. The highest BCUT2D eigenvalue weighted by Crippen LogP contribution is 2.29. The van der Waals surface area contributed by atoms with Crippen LogP contribution < -0.4 is 16.0 Å². The highest BCUT2D eigenvalue weighted by Gasteiger charge is 2.16. The molecule has 0 aliphatic carbocycles. The number of nitrogens with zero attached hydrogens (tertiary/aromatic N) is 6. The van der Waals surface area contributed by atoms with E-state index in [0.29, 0.717) is 34.8 Å². The van der Waals surface area contributed by atoms with Gasteiger partial charge >= 0.3 is 6.03 Å². The van der Waals surface area contributed by atoms with Crippen molar-refractivity contribution in [3.8, 4) is 17.3 Å². The first-order valence-electron chi connectivity index (χ1n) is 10.6. The van der Waals surface area contributed by atoms with E-state index >= 15 is 0 Å². The first-order chi connectivity index (χ1) is 16.6. The molecule has 0 unspecified atom stereocenters. The number of rotatable bonds is 5. The van der Waals surface area contributed by atoms with Gasteiger partial charge in [0, 0.05) is 31.5 Å². The zero-order valence-electron chi connectivity index (χ0n) is 18.6. The number of hydrogen-bond donors (Lipinski definition) is 3. The fourth-order valence-electron chi connectivity index (χ4n) is 3.79. The van der Waals surface area contributed by atoms with Crippen LogP contribution >= 0.6 is 0 Å². The second-order valence-electron chi connectivity index (χ2n) is 7.66. The highest BCUT2D eigenvalue weighted by atomic mass is 16.2. The van der Waals surface area contributed by atoms with Crippen molar-refractivity contribution in [3.05, 3.63) is 72.2 Å². The number of fused-ring (bicyclic) bond motifs is 3. The van der Waals surface area contributed by atoms with Gasteiger partial charge in [0.15, 0.2) is 11.5 Å². The molecule has 0 aliphatic rings. The number of aromatic nitrogens is 5. The van der Waals surface area contributed by atoms with Crippen molar-refractivity contribution in [3.63, 3.8) is 0 Å². The summed E-state index contributed by atoms with van der Waals surface area (Å²) in [5.41, 5.74) is 6.17. The molecule has 10 heteroatoms. The summed E-state index contributed by atoms with van der Waals surface area (Å²) in [5, 5.41) is 22.2. The number of aryl methyl sites for hydroxylation is 1. The van der Waals surface area contributed by atoms with Crippen molar-refractivity contribution in [1.82, 2.24) is 29.5 Å². The van der Waals surface area contributed by atoms with E-state index in [1.807, 2.05) is 47.8 Å². The molecule has 168 valence electrons. The Kier molecular flexibility index (Phi) is 5.27. The topological polar surface area (TPSA) is 125 Å². The molecule has 3 aromatic heterocycles. The summed E-state index contributed by atoms with van der Waals surface area (Å²) >= 11 is 0. The summed E-state index contributed by atoms with van der Waals surface area (Å²) in [6, 6.07) is 16.8. The van der Waals surface area contributed by atoms with Crippen molar-refractivity contribution in [1.29, 1.82) is 5.26 Å². The molecule has 0 bridgehead atoms. The Hall–Kier alpha value is -4.91. The lowest BCUT2D eigenvalue weighted by Crippen LogP contribution is -2.24. The number of benzene rings is 2. The second kappa shape index (κ2) is 8.55. The number of nitriles is 1. The fourth-order valence-corrected chi connectivity index (χ4v) is 3.79. The monoisotopic (exact) mass is 451 g/mol. The summed E-state index contributed by atoms with van der Waals surface area (Å²) in [6.45, 7) is 0.519. The maximum atomic E-state index is 11.6. The lowest BCUT2D eigenvalue weighted by molar-refractivity contribution is 0.254. The molecule has 10 nitrogen and oxygen atoms in total. The Morgan fingerprint density at radius 1 is 1.15 bits per heavy atom. The molecule has 3 N–H and O–H groups in total. The lowest BCUT2D eigenvalue weighted by atomic mass is 10.1. The number of anilines is 2. The fraction of sp³-hybridized carbons (Fsp3) is 0.125. The van der Waals surface area contributed by atoms with Crippen molar-refractivity contribution in [2.75, 3.05) is 17.7 Å². The van der Waals surface area contributed by atoms with Gasteiger partial charge in [-0.25, -0.2) is 14.8 Å². The van der Waals surface area contributed by atoms with Gasteiger partial charge in [0.2, 0.25) is 0 Å². The molecular weight excluding hydrogens is 430 g/mol. The predicted octanol–water partition coefficient (Wildman–Crippen LogP) is 3.52. The van der Waals surface area contributed by atoms with E-state index in [4.69, 9.17) is 4.98 Å². The molecule has 0 atom stereocenters. The van der Waals surface area contributed by atoms with Crippen LogP contribution in [0.15, 0.2) is 60.9 Å². The van der Waals surface area contributed by atoms with E-state index in [0.717, 1.165) is 22.5 Å². The minimum atomic E-state index is -0.281. The smallest absolute Gasteiger partial charge is 0.318 e. The number of urea groups is 1. The molecule has 0 saturated heterocycles. The Morgan fingerprint density at radius 2 is 1.97 bits per heavy atom. The number of nitrogens with one attached hydrogen (secondary N) is 3. The van der Waals surface area contributed by atoms with Gasteiger partial charge in [-0.1, -0.05) is 12.1 Å². The molecule has 0 aliphatic heterocycles. The van der Waals surface area contributed by atoms with E-state index < -0.39 is 0 Å². The molecule has 0 radical (unpaired) electrons. The second-order valence-corrected chi connectivity index (χ2v) is 7.66. The normalized spacial score (nSPS) is 10.9.